The molecule has 2 aromatic heterocycles. The molecule has 0 radical (unpaired) electrons. The molecule has 31 heavy (non-hydrogen) atoms. The average Bonchev–Trinajstić information content (AvgIpc) is 3.28. The number of halogens is 1. The molecule has 1 aliphatic heterocycles. The van der Waals surface area contributed by atoms with Crippen LogP contribution < -0.4 is 10.6 Å². The summed E-state index contributed by atoms with van der Waals surface area (Å²) in [6.45, 7) is 4.64. The van der Waals surface area contributed by atoms with E-state index in [0.29, 0.717) is 30.1 Å². The minimum Gasteiger partial charge on any atom is -0.387 e. The van der Waals surface area contributed by atoms with Crippen molar-refractivity contribution in [3.8, 4) is 0 Å². The zero-order valence-electron chi connectivity index (χ0n) is 17.0. The maximum absolute atomic E-state index is 12.1. The highest BCUT2D eigenvalue weighted by Gasteiger charge is 2.47. The number of rotatable bonds is 6. The van der Waals surface area contributed by atoms with E-state index in [1.54, 1.807) is 6.92 Å². The molecule has 0 aliphatic carbocycles. The van der Waals surface area contributed by atoms with Crippen LogP contribution in [0.4, 0.5) is 5.82 Å². The second kappa shape index (κ2) is 8.75. The first kappa shape index (κ1) is 21.4. The van der Waals surface area contributed by atoms with E-state index < -0.39 is 30.4 Å². The molecule has 1 saturated heterocycles. The number of aliphatic hydroxyl groups excluding tert-OH is 2. The number of likely N-dealkylation sites (N-methyl/N-ethyl adjacent to an activating group) is 1. The number of hydrogen-bond donors (Lipinski definition) is 4. The van der Waals surface area contributed by atoms with E-state index in [2.05, 4.69) is 25.6 Å². The summed E-state index contributed by atoms with van der Waals surface area (Å²) in [6.07, 6.45) is -3.63. The number of aliphatic hydroxyl groups is 2. The van der Waals surface area contributed by atoms with Gasteiger partial charge in [0, 0.05) is 13.1 Å². The summed E-state index contributed by atoms with van der Waals surface area (Å²) in [6, 6.07) is 7.95. The van der Waals surface area contributed by atoms with E-state index in [9.17, 15) is 15.0 Å². The Hall–Kier alpha value is -2.79. The Labute approximate surface area is 183 Å². The van der Waals surface area contributed by atoms with Crippen LogP contribution in [0.25, 0.3) is 11.2 Å². The summed E-state index contributed by atoms with van der Waals surface area (Å²) in [5.41, 5.74) is 2.95. The average molecular weight is 447 g/mol. The van der Waals surface area contributed by atoms with Crippen molar-refractivity contribution in [2.75, 3.05) is 11.9 Å². The number of aromatic nitrogens is 4. The molecule has 11 heteroatoms. The molecule has 1 aromatic carbocycles. The second-order valence-electron chi connectivity index (χ2n) is 7.27. The third-order valence-electron chi connectivity index (χ3n) is 5.22. The highest BCUT2D eigenvalue weighted by atomic mass is 35.5. The number of ether oxygens (including phenoxy) is 1. The van der Waals surface area contributed by atoms with E-state index in [0.717, 1.165) is 11.1 Å². The number of nitrogens with one attached hydrogen (secondary N) is 2. The van der Waals surface area contributed by atoms with Gasteiger partial charge in [-0.1, -0.05) is 24.3 Å². The summed E-state index contributed by atoms with van der Waals surface area (Å²) in [5, 5.41) is 26.6. The standard InChI is InChI=1S/C20H23ClN6O4/c1-3-22-18(30)15-13(28)14(29)19(31-15)27-9-24-12-16(25-20(21)26-17(12)27)23-8-11-7-5-4-6-10(11)2/h4-7,9,13-15,19,28-29H,3,8H2,1-2H3,(H,22,30)(H,23,25,26)/t13-,14+,15-,19+/m0/s1. The van der Waals surface area contributed by atoms with Crippen LogP contribution >= 0.6 is 11.6 Å². The molecule has 0 unspecified atom stereocenters. The van der Waals surface area contributed by atoms with Crippen molar-refractivity contribution in [3.63, 3.8) is 0 Å². The predicted molar refractivity (Wildman–Crippen MR) is 113 cm³/mol. The van der Waals surface area contributed by atoms with Gasteiger partial charge in [0.25, 0.3) is 5.91 Å². The fourth-order valence-electron chi connectivity index (χ4n) is 3.57. The van der Waals surface area contributed by atoms with E-state index in [-0.39, 0.29) is 5.28 Å². The van der Waals surface area contributed by atoms with Crippen LogP contribution in [0.5, 0.6) is 0 Å². The first-order valence-electron chi connectivity index (χ1n) is 9.88. The molecule has 1 amide bonds. The Kier molecular flexibility index (Phi) is 6.05. The number of anilines is 1. The van der Waals surface area contributed by atoms with Gasteiger partial charge in [0.05, 0.1) is 6.33 Å². The van der Waals surface area contributed by atoms with Gasteiger partial charge in [-0.15, -0.1) is 0 Å². The van der Waals surface area contributed by atoms with Crippen molar-refractivity contribution in [1.82, 2.24) is 24.8 Å². The van der Waals surface area contributed by atoms with Crippen molar-refractivity contribution >= 4 is 34.5 Å². The third kappa shape index (κ3) is 4.07. The van der Waals surface area contributed by atoms with Gasteiger partial charge in [-0.05, 0) is 36.6 Å². The summed E-state index contributed by atoms with van der Waals surface area (Å²) in [4.78, 5) is 25.0. The van der Waals surface area contributed by atoms with Gasteiger partial charge < -0.3 is 25.6 Å². The summed E-state index contributed by atoms with van der Waals surface area (Å²) >= 11 is 6.14. The number of fused-ring (bicyclic) bond motifs is 1. The number of imidazole rings is 1. The predicted octanol–water partition coefficient (Wildman–Crippen LogP) is 1.16. The molecule has 10 nitrogen and oxygen atoms in total. The molecule has 0 spiro atoms. The fraction of sp³-hybridized carbons (Fsp3) is 0.400. The highest BCUT2D eigenvalue weighted by molar-refractivity contribution is 6.28. The fourth-order valence-corrected chi connectivity index (χ4v) is 3.73. The van der Waals surface area contributed by atoms with Crippen molar-refractivity contribution in [3.05, 3.63) is 47.0 Å². The maximum Gasteiger partial charge on any atom is 0.252 e. The Morgan fingerprint density at radius 3 is 2.77 bits per heavy atom. The van der Waals surface area contributed by atoms with Crippen LogP contribution in [0.1, 0.15) is 24.3 Å². The van der Waals surface area contributed by atoms with Crippen LogP contribution in [0.3, 0.4) is 0 Å². The van der Waals surface area contributed by atoms with Gasteiger partial charge >= 0.3 is 0 Å². The Bertz CT molecular complexity index is 1110. The number of nitrogens with zero attached hydrogens (tertiary/aromatic N) is 4. The van der Waals surface area contributed by atoms with Crippen LogP contribution in [0.15, 0.2) is 30.6 Å². The zero-order chi connectivity index (χ0) is 22.1. The Morgan fingerprint density at radius 1 is 1.26 bits per heavy atom. The third-order valence-corrected chi connectivity index (χ3v) is 5.39. The SMILES string of the molecule is CCNC(=O)[C@H]1O[C@@H](n2cnc3c(NCc4ccccc4C)nc(Cl)nc32)[C@H](O)[C@@H]1O. The monoisotopic (exact) mass is 446 g/mol. The number of carbonyl (C=O) groups is 1. The number of aryl methyl sites for hydroxylation is 1. The van der Waals surface area contributed by atoms with E-state index in [1.165, 1.54) is 10.9 Å². The van der Waals surface area contributed by atoms with Crippen LogP contribution in [0, 0.1) is 6.92 Å². The topological polar surface area (TPSA) is 134 Å². The number of carbonyl (C=O) groups excluding carboxylic acids is 1. The summed E-state index contributed by atoms with van der Waals surface area (Å²) in [5.74, 6) is -0.0838. The molecule has 3 heterocycles. The minimum absolute atomic E-state index is 0.0187. The molecular weight excluding hydrogens is 424 g/mol. The Morgan fingerprint density at radius 2 is 2.03 bits per heavy atom. The zero-order valence-corrected chi connectivity index (χ0v) is 17.7. The van der Waals surface area contributed by atoms with Gasteiger partial charge in [-0.25, -0.2) is 4.98 Å². The lowest BCUT2D eigenvalue weighted by Gasteiger charge is -2.16. The number of benzene rings is 1. The molecular formula is C20H23ClN6O4. The lowest BCUT2D eigenvalue weighted by Crippen LogP contribution is -2.42. The first-order chi connectivity index (χ1) is 14.9. The summed E-state index contributed by atoms with van der Waals surface area (Å²) in [7, 11) is 0. The van der Waals surface area contributed by atoms with E-state index in [1.807, 2.05) is 31.2 Å². The van der Waals surface area contributed by atoms with Gasteiger partial charge in [0.2, 0.25) is 5.28 Å². The first-order valence-corrected chi connectivity index (χ1v) is 10.3. The lowest BCUT2D eigenvalue weighted by atomic mass is 10.1. The van der Waals surface area contributed by atoms with Crippen molar-refractivity contribution in [1.29, 1.82) is 0 Å². The molecule has 3 aromatic rings. The number of hydrogen-bond acceptors (Lipinski definition) is 8. The molecule has 4 N–H and O–H groups in total. The molecule has 1 aliphatic rings. The van der Waals surface area contributed by atoms with E-state index in [4.69, 9.17) is 16.3 Å². The quantitative estimate of drug-likeness (QED) is 0.414. The molecule has 0 saturated carbocycles. The largest absolute Gasteiger partial charge is 0.387 e. The summed E-state index contributed by atoms with van der Waals surface area (Å²) < 4.78 is 7.10. The highest BCUT2D eigenvalue weighted by Crippen LogP contribution is 2.33. The number of amides is 1. The van der Waals surface area contributed by atoms with E-state index >= 15 is 0 Å². The van der Waals surface area contributed by atoms with Crippen molar-refractivity contribution in [2.24, 2.45) is 0 Å². The minimum atomic E-state index is -1.40. The normalized spacial score (nSPS) is 23.3. The molecule has 4 rings (SSSR count). The maximum atomic E-state index is 12.1. The van der Waals surface area contributed by atoms with Gasteiger partial charge in [-0.3, -0.25) is 9.36 Å². The van der Waals surface area contributed by atoms with Gasteiger partial charge in [0.15, 0.2) is 29.3 Å². The van der Waals surface area contributed by atoms with Gasteiger partial charge in [-0.2, -0.15) is 9.97 Å². The smallest absolute Gasteiger partial charge is 0.252 e. The van der Waals surface area contributed by atoms with Gasteiger partial charge in [0.1, 0.15) is 12.2 Å². The molecule has 0 bridgehead atoms. The molecule has 1 fully saturated rings. The Balaban J connectivity index is 1.63. The lowest BCUT2D eigenvalue weighted by molar-refractivity contribution is -0.137. The molecule has 4 atom stereocenters. The van der Waals surface area contributed by atoms with Crippen molar-refractivity contribution in [2.45, 2.75) is 44.9 Å². The van der Waals surface area contributed by atoms with Crippen molar-refractivity contribution < 1.29 is 19.7 Å². The van der Waals surface area contributed by atoms with Crippen LogP contribution in [-0.2, 0) is 16.1 Å². The van der Waals surface area contributed by atoms with Crippen LogP contribution in [0.2, 0.25) is 5.28 Å². The van der Waals surface area contributed by atoms with Crippen LogP contribution in [-0.4, -0.2) is 60.5 Å². The second-order valence-corrected chi connectivity index (χ2v) is 7.61. The molecule has 164 valence electrons.